The van der Waals surface area contributed by atoms with E-state index < -0.39 is 0 Å². The topological polar surface area (TPSA) is 50.9 Å². The standard InChI is InChI=1S/C7H13N3OS/c1-6(3-11)4-12-7-9-8-5-10(7)2/h5-6,11H,3-4H2,1-2H3. The monoisotopic (exact) mass is 187 g/mol. The second-order valence-corrected chi connectivity index (χ2v) is 3.81. The fourth-order valence-electron chi connectivity index (χ4n) is 0.673. The third-order valence-corrected chi connectivity index (χ3v) is 2.84. The van der Waals surface area contributed by atoms with Crippen LogP contribution in [0, 0.1) is 5.92 Å². The molecule has 0 aliphatic rings. The maximum absolute atomic E-state index is 8.78. The van der Waals surface area contributed by atoms with Crippen molar-refractivity contribution < 1.29 is 5.11 Å². The molecule has 0 fully saturated rings. The molecule has 1 unspecified atom stereocenters. The first-order valence-corrected chi connectivity index (χ1v) is 4.80. The normalized spacial score (nSPS) is 13.2. The maximum atomic E-state index is 8.78. The zero-order chi connectivity index (χ0) is 8.97. The summed E-state index contributed by atoms with van der Waals surface area (Å²) in [6.07, 6.45) is 1.67. The van der Waals surface area contributed by atoms with Crippen LogP contribution < -0.4 is 0 Å². The van der Waals surface area contributed by atoms with Gasteiger partial charge in [0.2, 0.25) is 0 Å². The lowest BCUT2D eigenvalue weighted by Crippen LogP contribution is -2.04. The molecule has 0 amide bonds. The molecule has 0 aliphatic heterocycles. The van der Waals surface area contributed by atoms with Crippen molar-refractivity contribution in [2.24, 2.45) is 13.0 Å². The molecule has 12 heavy (non-hydrogen) atoms. The van der Waals surface area contributed by atoms with Crippen LogP contribution in [0.4, 0.5) is 0 Å². The molecule has 1 N–H and O–H groups in total. The van der Waals surface area contributed by atoms with Gasteiger partial charge in [0.05, 0.1) is 0 Å². The number of rotatable bonds is 4. The summed E-state index contributed by atoms with van der Waals surface area (Å²) in [6.45, 7) is 2.23. The van der Waals surface area contributed by atoms with Gasteiger partial charge in [0.15, 0.2) is 5.16 Å². The first kappa shape index (κ1) is 9.54. The van der Waals surface area contributed by atoms with Crippen LogP contribution in [-0.2, 0) is 7.05 Å². The van der Waals surface area contributed by atoms with E-state index in [0.717, 1.165) is 10.9 Å². The highest BCUT2D eigenvalue weighted by Gasteiger charge is 2.04. The maximum Gasteiger partial charge on any atom is 0.190 e. The van der Waals surface area contributed by atoms with E-state index in [1.807, 2.05) is 18.5 Å². The van der Waals surface area contributed by atoms with E-state index in [2.05, 4.69) is 10.2 Å². The Labute approximate surface area is 76.0 Å². The van der Waals surface area contributed by atoms with Gasteiger partial charge in [-0.15, -0.1) is 10.2 Å². The Morgan fingerprint density at radius 2 is 2.50 bits per heavy atom. The summed E-state index contributed by atoms with van der Waals surface area (Å²) in [4.78, 5) is 0. The quantitative estimate of drug-likeness (QED) is 0.699. The molecule has 1 aromatic heterocycles. The lowest BCUT2D eigenvalue weighted by molar-refractivity contribution is 0.250. The van der Waals surface area contributed by atoms with Crippen molar-refractivity contribution in [2.75, 3.05) is 12.4 Å². The predicted molar refractivity (Wildman–Crippen MR) is 48.0 cm³/mol. The Kier molecular flexibility index (Phi) is 3.55. The van der Waals surface area contributed by atoms with Crippen molar-refractivity contribution in [2.45, 2.75) is 12.1 Å². The highest BCUT2D eigenvalue weighted by atomic mass is 32.2. The minimum atomic E-state index is 0.227. The molecule has 68 valence electrons. The van der Waals surface area contributed by atoms with Crippen molar-refractivity contribution in [1.29, 1.82) is 0 Å². The molecule has 0 bridgehead atoms. The van der Waals surface area contributed by atoms with Crippen LogP contribution in [0.3, 0.4) is 0 Å². The lowest BCUT2D eigenvalue weighted by atomic mass is 10.2. The Bertz CT molecular complexity index is 238. The Morgan fingerprint density at radius 1 is 1.75 bits per heavy atom. The number of aliphatic hydroxyl groups is 1. The Balaban J connectivity index is 2.38. The number of aromatic nitrogens is 3. The summed E-state index contributed by atoms with van der Waals surface area (Å²) in [7, 11) is 1.91. The first-order valence-electron chi connectivity index (χ1n) is 3.81. The van der Waals surface area contributed by atoms with Crippen molar-refractivity contribution >= 4 is 11.8 Å². The van der Waals surface area contributed by atoms with Gasteiger partial charge in [0, 0.05) is 19.4 Å². The van der Waals surface area contributed by atoms with Crippen molar-refractivity contribution in [3.63, 3.8) is 0 Å². The van der Waals surface area contributed by atoms with Crippen LogP contribution in [0.2, 0.25) is 0 Å². The fraction of sp³-hybridized carbons (Fsp3) is 0.714. The van der Waals surface area contributed by atoms with E-state index >= 15 is 0 Å². The minimum absolute atomic E-state index is 0.227. The van der Waals surface area contributed by atoms with Gasteiger partial charge < -0.3 is 9.67 Å². The van der Waals surface area contributed by atoms with E-state index in [0.29, 0.717) is 5.92 Å². The van der Waals surface area contributed by atoms with Gasteiger partial charge >= 0.3 is 0 Å². The molecule has 0 saturated carbocycles. The summed E-state index contributed by atoms with van der Waals surface area (Å²) in [5.74, 6) is 1.19. The molecule has 1 heterocycles. The Hall–Kier alpha value is -0.550. The molecule has 0 radical (unpaired) electrons. The van der Waals surface area contributed by atoms with Crippen LogP contribution in [0.5, 0.6) is 0 Å². The zero-order valence-corrected chi connectivity index (χ0v) is 8.08. The van der Waals surface area contributed by atoms with Gasteiger partial charge in [-0.2, -0.15) is 0 Å². The summed E-state index contributed by atoms with van der Waals surface area (Å²) >= 11 is 1.62. The average Bonchev–Trinajstić information content (AvgIpc) is 2.47. The van der Waals surface area contributed by atoms with Crippen molar-refractivity contribution in [1.82, 2.24) is 14.8 Å². The zero-order valence-electron chi connectivity index (χ0n) is 7.27. The van der Waals surface area contributed by atoms with Gasteiger partial charge in [0.1, 0.15) is 6.33 Å². The third kappa shape index (κ3) is 2.49. The number of hydrogen-bond acceptors (Lipinski definition) is 4. The van der Waals surface area contributed by atoms with Crippen LogP contribution >= 0.6 is 11.8 Å². The largest absolute Gasteiger partial charge is 0.396 e. The van der Waals surface area contributed by atoms with E-state index in [1.165, 1.54) is 0 Å². The van der Waals surface area contributed by atoms with E-state index in [1.54, 1.807) is 18.1 Å². The predicted octanol–water partition coefficient (Wildman–Crippen LogP) is 0.536. The molecule has 0 aromatic carbocycles. The smallest absolute Gasteiger partial charge is 0.190 e. The van der Waals surface area contributed by atoms with Crippen molar-refractivity contribution in [3.05, 3.63) is 6.33 Å². The van der Waals surface area contributed by atoms with Crippen molar-refractivity contribution in [3.8, 4) is 0 Å². The summed E-state index contributed by atoms with van der Waals surface area (Å²) < 4.78 is 1.87. The van der Waals surface area contributed by atoms with Gasteiger partial charge in [-0.05, 0) is 5.92 Å². The average molecular weight is 187 g/mol. The number of aryl methyl sites for hydroxylation is 1. The lowest BCUT2D eigenvalue weighted by Gasteiger charge is -2.05. The fourth-order valence-corrected chi connectivity index (χ4v) is 1.57. The Morgan fingerprint density at radius 3 is 3.00 bits per heavy atom. The van der Waals surface area contributed by atoms with Crippen LogP contribution in [0.25, 0.3) is 0 Å². The number of thioether (sulfide) groups is 1. The number of aliphatic hydroxyl groups excluding tert-OH is 1. The molecule has 0 saturated heterocycles. The van der Waals surface area contributed by atoms with E-state index in [9.17, 15) is 0 Å². The van der Waals surface area contributed by atoms with Crippen LogP contribution in [-0.4, -0.2) is 32.2 Å². The molecule has 1 rings (SSSR count). The second kappa shape index (κ2) is 4.47. The molecule has 0 aliphatic carbocycles. The van der Waals surface area contributed by atoms with Crippen LogP contribution in [0.15, 0.2) is 11.5 Å². The summed E-state index contributed by atoms with van der Waals surface area (Å²) in [5.41, 5.74) is 0. The SMILES string of the molecule is CC(CO)CSc1nncn1C. The second-order valence-electron chi connectivity index (χ2n) is 2.82. The molecule has 0 spiro atoms. The van der Waals surface area contributed by atoms with Gasteiger partial charge in [-0.1, -0.05) is 18.7 Å². The van der Waals surface area contributed by atoms with Gasteiger partial charge in [-0.3, -0.25) is 0 Å². The molecule has 4 nitrogen and oxygen atoms in total. The van der Waals surface area contributed by atoms with E-state index in [4.69, 9.17) is 5.11 Å². The first-order chi connectivity index (χ1) is 5.74. The summed E-state index contributed by atoms with van der Waals surface area (Å²) in [5, 5.41) is 17.3. The molecule has 1 atom stereocenters. The third-order valence-electron chi connectivity index (χ3n) is 1.48. The van der Waals surface area contributed by atoms with E-state index in [-0.39, 0.29) is 6.61 Å². The number of hydrogen-bond donors (Lipinski definition) is 1. The highest BCUT2D eigenvalue weighted by Crippen LogP contribution is 2.16. The van der Waals surface area contributed by atoms with Gasteiger partial charge in [-0.25, -0.2) is 0 Å². The number of nitrogens with zero attached hydrogens (tertiary/aromatic N) is 3. The molecular formula is C7H13N3OS. The molecule has 1 aromatic rings. The van der Waals surface area contributed by atoms with Gasteiger partial charge in [0.25, 0.3) is 0 Å². The summed E-state index contributed by atoms with van der Waals surface area (Å²) in [6, 6.07) is 0. The van der Waals surface area contributed by atoms with Crippen LogP contribution in [0.1, 0.15) is 6.92 Å². The molecule has 5 heteroatoms. The highest BCUT2D eigenvalue weighted by molar-refractivity contribution is 7.99. The molecular weight excluding hydrogens is 174 g/mol. The minimum Gasteiger partial charge on any atom is -0.396 e.